The van der Waals surface area contributed by atoms with Crippen molar-refractivity contribution in [3.63, 3.8) is 0 Å². The third-order valence-electron chi connectivity index (χ3n) is 3.92. The minimum Gasteiger partial charge on any atom is -0.444 e. The summed E-state index contributed by atoms with van der Waals surface area (Å²) in [5.74, 6) is 0. The molecule has 1 heterocycles. The number of carbonyl (C=O) groups excluding carboxylic acids is 1. The number of amides is 1. The minimum absolute atomic E-state index is 0.00339. The van der Waals surface area contributed by atoms with Crippen LogP contribution < -0.4 is 10.6 Å². The molecule has 0 atom stereocenters. The van der Waals surface area contributed by atoms with E-state index in [-0.39, 0.29) is 11.5 Å². The van der Waals surface area contributed by atoms with Crippen LogP contribution in [0.15, 0.2) is 30.3 Å². The van der Waals surface area contributed by atoms with Crippen molar-refractivity contribution in [2.75, 3.05) is 19.6 Å². The van der Waals surface area contributed by atoms with Gasteiger partial charge in [-0.15, -0.1) is 0 Å². The van der Waals surface area contributed by atoms with E-state index in [2.05, 4.69) is 34.9 Å². The van der Waals surface area contributed by atoms with Gasteiger partial charge in [0, 0.05) is 12.0 Å². The van der Waals surface area contributed by atoms with Crippen molar-refractivity contribution in [3.05, 3.63) is 35.9 Å². The number of nitrogens with one attached hydrogen (secondary N) is 2. The molecule has 1 amide bonds. The van der Waals surface area contributed by atoms with Crippen LogP contribution in [0.3, 0.4) is 0 Å². The lowest BCUT2D eigenvalue weighted by atomic mass is 9.73. The van der Waals surface area contributed by atoms with Crippen molar-refractivity contribution in [1.82, 2.24) is 10.6 Å². The second kappa shape index (κ2) is 6.48. The molecule has 0 unspecified atom stereocenters. The summed E-state index contributed by atoms with van der Waals surface area (Å²) in [5.41, 5.74) is 0.837. The molecule has 1 saturated heterocycles. The van der Waals surface area contributed by atoms with Crippen LogP contribution >= 0.6 is 0 Å². The first-order valence-corrected chi connectivity index (χ1v) is 7.64. The van der Waals surface area contributed by atoms with E-state index in [9.17, 15) is 4.79 Å². The van der Waals surface area contributed by atoms with Gasteiger partial charge in [0.05, 0.1) is 0 Å². The molecule has 1 aliphatic heterocycles. The van der Waals surface area contributed by atoms with Gasteiger partial charge in [0.25, 0.3) is 0 Å². The lowest BCUT2D eigenvalue weighted by molar-refractivity contribution is 0.0509. The van der Waals surface area contributed by atoms with E-state index in [1.54, 1.807) is 0 Å². The fraction of sp³-hybridized carbons (Fsp3) is 0.588. The Hall–Kier alpha value is -1.55. The van der Waals surface area contributed by atoms with E-state index >= 15 is 0 Å². The molecule has 2 N–H and O–H groups in total. The number of hydrogen-bond acceptors (Lipinski definition) is 3. The lowest BCUT2D eigenvalue weighted by Gasteiger charge is -2.38. The largest absolute Gasteiger partial charge is 0.444 e. The second-order valence-corrected chi connectivity index (χ2v) is 6.75. The standard InChI is InChI=1S/C17H26N2O2/c1-16(2,3)21-15(20)19-13-17(9-11-18-12-10-17)14-7-5-4-6-8-14/h4-8,18H,9-13H2,1-3H3,(H,19,20). The van der Waals surface area contributed by atoms with Crippen molar-refractivity contribution in [2.45, 2.75) is 44.6 Å². The van der Waals surface area contributed by atoms with E-state index < -0.39 is 5.60 Å². The summed E-state index contributed by atoms with van der Waals surface area (Å²) >= 11 is 0. The summed E-state index contributed by atoms with van der Waals surface area (Å²) in [6.07, 6.45) is 1.70. The maximum Gasteiger partial charge on any atom is 0.407 e. The van der Waals surface area contributed by atoms with Gasteiger partial charge in [-0.25, -0.2) is 4.79 Å². The zero-order chi connectivity index (χ0) is 15.3. The van der Waals surface area contributed by atoms with Crippen molar-refractivity contribution >= 4 is 6.09 Å². The van der Waals surface area contributed by atoms with Gasteiger partial charge in [-0.2, -0.15) is 0 Å². The molecule has 4 heteroatoms. The Kier molecular flexibility index (Phi) is 4.88. The zero-order valence-electron chi connectivity index (χ0n) is 13.2. The molecule has 21 heavy (non-hydrogen) atoms. The van der Waals surface area contributed by atoms with Crippen molar-refractivity contribution in [2.24, 2.45) is 0 Å². The van der Waals surface area contributed by atoms with Gasteiger partial charge in [-0.1, -0.05) is 30.3 Å². The van der Waals surface area contributed by atoms with E-state index in [0.717, 1.165) is 25.9 Å². The summed E-state index contributed by atoms with van der Waals surface area (Å²) in [4.78, 5) is 11.9. The van der Waals surface area contributed by atoms with Crippen LogP contribution in [0.2, 0.25) is 0 Å². The van der Waals surface area contributed by atoms with Gasteiger partial charge in [0.2, 0.25) is 0 Å². The first-order valence-electron chi connectivity index (χ1n) is 7.64. The maximum absolute atomic E-state index is 11.9. The molecule has 4 nitrogen and oxygen atoms in total. The SMILES string of the molecule is CC(C)(C)OC(=O)NCC1(c2ccccc2)CCNCC1. The Morgan fingerprint density at radius 2 is 1.86 bits per heavy atom. The number of carbonyl (C=O) groups is 1. The van der Waals surface area contributed by atoms with Gasteiger partial charge < -0.3 is 15.4 Å². The quantitative estimate of drug-likeness (QED) is 0.900. The smallest absolute Gasteiger partial charge is 0.407 e. The lowest BCUT2D eigenvalue weighted by Crippen LogP contribution is -2.48. The molecule has 0 radical (unpaired) electrons. The number of piperidine rings is 1. The third kappa shape index (κ3) is 4.46. The molecule has 1 fully saturated rings. The van der Waals surface area contributed by atoms with E-state index in [1.165, 1.54) is 5.56 Å². The van der Waals surface area contributed by atoms with Crippen LogP contribution in [0.1, 0.15) is 39.2 Å². The Morgan fingerprint density at radius 3 is 2.43 bits per heavy atom. The number of alkyl carbamates (subject to hydrolysis) is 1. The Balaban J connectivity index is 2.06. The van der Waals surface area contributed by atoms with Crippen LogP contribution in [0, 0.1) is 0 Å². The van der Waals surface area contributed by atoms with Gasteiger partial charge >= 0.3 is 6.09 Å². The summed E-state index contributed by atoms with van der Waals surface area (Å²) < 4.78 is 5.34. The monoisotopic (exact) mass is 290 g/mol. The number of benzene rings is 1. The highest BCUT2D eigenvalue weighted by atomic mass is 16.6. The van der Waals surface area contributed by atoms with Crippen molar-refractivity contribution in [1.29, 1.82) is 0 Å². The first-order chi connectivity index (χ1) is 9.91. The van der Waals surface area contributed by atoms with Crippen LogP contribution in [0.25, 0.3) is 0 Å². The molecule has 1 aliphatic rings. The molecule has 0 aromatic heterocycles. The first kappa shape index (κ1) is 15.8. The highest BCUT2D eigenvalue weighted by Gasteiger charge is 2.34. The van der Waals surface area contributed by atoms with Gasteiger partial charge in [-0.05, 0) is 52.3 Å². The predicted octanol–water partition coefficient (Wildman–Crippen LogP) is 2.83. The van der Waals surface area contributed by atoms with Crippen LogP contribution in [0.5, 0.6) is 0 Å². The molecular weight excluding hydrogens is 264 g/mol. The highest BCUT2D eigenvalue weighted by Crippen LogP contribution is 2.32. The molecule has 0 saturated carbocycles. The fourth-order valence-electron chi connectivity index (χ4n) is 2.82. The topological polar surface area (TPSA) is 50.4 Å². The Bertz CT molecular complexity index is 459. The highest BCUT2D eigenvalue weighted by molar-refractivity contribution is 5.67. The van der Waals surface area contributed by atoms with E-state index in [4.69, 9.17) is 4.74 Å². The molecule has 0 aliphatic carbocycles. The number of rotatable bonds is 3. The van der Waals surface area contributed by atoms with Gasteiger partial charge in [0.1, 0.15) is 5.60 Å². The maximum atomic E-state index is 11.9. The Morgan fingerprint density at radius 1 is 1.24 bits per heavy atom. The normalized spacial score (nSPS) is 18.0. The average Bonchev–Trinajstić information content (AvgIpc) is 2.45. The third-order valence-corrected chi connectivity index (χ3v) is 3.92. The number of hydrogen-bond donors (Lipinski definition) is 2. The molecule has 1 aromatic rings. The Labute approximate surface area is 127 Å². The van der Waals surface area contributed by atoms with Crippen molar-refractivity contribution in [3.8, 4) is 0 Å². The van der Waals surface area contributed by atoms with Crippen LogP contribution in [-0.4, -0.2) is 31.3 Å². The molecule has 1 aromatic carbocycles. The second-order valence-electron chi connectivity index (χ2n) is 6.75. The molecule has 0 bridgehead atoms. The average molecular weight is 290 g/mol. The van der Waals surface area contributed by atoms with Crippen LogP contribution in [0.4, 0.5) is 4.79 Å². The molecule has 2 rings (SSSR count). The number of ether oxygens (including phenoxy) is 1. The summed E-state index contributed by atoms with van der Waals surface area (Å²) in [7, 11) is 0. The van der Waals surface area contributed by atoms with E-state index in [0.29, 0.717) is 6.54 Å². The molecular formula is C17H26N2O2. The minimum atomic E-state index is -0.460. The van der Waals surface area contributed by atoms with E-state index in [1.807, 2.05) is 26.8 Å². The summed E-state index contributed by atoms with van der Waals surface area (Å²) in [6.45, 7) is 8.21. The molecule has 116 valence electrons. The zero-order valence-corrected chi connectivity index (χ0v) is 13.2. The fourth-order valence-corrected chi connectivity index (χ4v) is 2.82. The predicted molar refractivity (Wildman–Crippen MR) is 84.5 cm³/mol. The van der Waals surface area contributed by atoms with Gasteiger partial charge in [-0.3, -0.25) is 0 Å². The van der Waals surface area contributed by atoms with Gasteiger partial charge in [0.15, 0.2) is 0 Å². The molecule has 0 spiro atoms. The van der Waals surface area contributed by atoms with Crippen molar-refractivity contribution < 1.29 is 9.53 Å². The summed E-state index contributed by atoms with van der Waals surface area (Å²) in [5, 5.41) is 6.35. The summed E-state index contributed by atoms with van der Waals surface area (Å²) in [6, 6.07) is 10.5. The van der Waals surface area contributed by atoms with Crippen LogP contribution in [-0.2, 0) is 10.2 Å².